The number of nitrogens with zero attached hydrogens (tertiary/aromatic N) is 1. The van der Waals surface area contributed by atoms with Crippen LogP contribution in [0.1, 0.15) is 24.5 Å². The molecule has 0 aliphatic carbocycles. The molecule has 0 saturated carbocycles. The maximum Gasteiger partial charge on any atom is 0.317 e. The van der Waals surface area contributed by atoms with E-state index in [2.05, 4.69) is 28.8 Å². The molecule has 0 unspecified atom stereocenters. The Kier molecular flexibility index (Phi) is 4.07. The Morgan fingerprint density at radius 1 is 1.50 bits per heavy atom. The van der Waals surface area contributed by atoms with E-state index >= 15 is 0 Å². The average Bonchev–Trinajstić information content (AvgIpc) is 2.43. The molecule has 0 bridgehead atoms. The fraction of sp³-hybridized carbons (Fsp3) is 0.500. The van der Waals surface area contributed by atoms with Gasteiger partial charge in [-0.3, -0.25) is 0 Å². The van der Waals surface area contributed by atoms with E-state index < -0.39 is 0 Å². The molecular formula is C14H21N3O. The smallest absolute Gasteiger partial charge is 0.317 e. The second-order valence-corrected chi connectivity index (χ2v) is 4.65. The number of urea groups is 1. The molecule has 98 valence electrons. The molecule has 18 heavy (non-hydrogen) atoms. The number of anilines is 1. The van der Waals surface area contributed by atoms with E-state index in [-0.39, 0.29) is 6.03 Å². The number of nitrogens with one attached hydrogen (secondary N) is 2. The topological polar surface area (TPSA) is 44.4 Å². The van der Waals surface area contributed by atoms with Gasteiger partial charge in [-0.05, 0) is 30.9 Å². The Morgan fingerprint density at radius 3 is 3.11 bits per heavy atom. The summed E-state index contributed by atoms with van der Waals surface area (Å²) < 4.78 is 0. The highest BCUT2D eigenvalue weighted by Gasteiger charge is 2.13. The van der Waals surface area contributed by atoms with Crippen LogP contribution < -0.4 is 10.6 Å². The molecule has 1 aromatic rings. The number of benzene rings is 1. The molecule has 4 heteroatoms. The van der Waals surface area contributed by atoms with E-state index in [0.717, 1.165) is 19.5 Å². The zero-order valence-electron chi connectivity index (χ0n) is 11.1. The SMILES string of the molecule is CCN(C)C(=O)NCc1cccc2c1NCCC2. The molecule has 0 fully saturated rings. The fourth-order valence-electron chi connectivity index (χ4n) is 2.18. The Morgan fingerprint density at radius 2 is 2.33 bits per heavy atom. The number of carbonyl (C=O) groups excluding carboxylic acids is 1. The molecule has 0 spiro atoms. The standard InChI is InChI=1S/C14H21N3O/c1-3-17(2)14(18)16-10-12-7-4-6-11-8-5-9-15-13(11)12/h4,6-7,15H,3,5,8-10H2,1-2H3,(H,16,18). The Balaban J connectivity index is 2.03. The first-order valence-corrected chi connectivity index (χ1v) is 6.56. The van der Waals surface area contributed by atoms with Crippen LogP contribution in [0.5, 0.6) is 0 Å². The van der Waals surface area contributed by atoms with Gasteiger partial charge in [-0.15, -0.1) is 0 Å². The van der Waals surface area contributed by atoms with Crippen LogP contribution in [0.25, 0.3) is 0 Å². The monoisotopic (exact) mass is 247 g/mol. The molecule has 2 amide bonds. The predicted octanol–water partition coefficient (Wildman–Crippen LogP) is 2.21. The number of amides is 2. The molecule has 1 aliphatic rings. The molecule has 1 aliphatic heterocycles. The average molecular weight is 247 g/mol. The summed E-state index contributed by atoms with van der Waals surface area (Å²) in [6.07, 6.45) is 2.31. The van der Waals surface area contributed by atoms with Crippen LogP contribution in [0.4, 0.5) is 10.5 Å². The van der Waals surface area contributed by atoms with Gasteiger partial charge in [0.15, 0.2) is 0 Å². The van der Waals surface area contributed by atoms with E-state index in [0.29, 0.717) is 6.54 Å². The van der Waals surface area contributed by atoms with E-state index in [4.69, 9.17) is 0 Å². The summed E-state index contributed by atoms with van der Waals surface area (Å²) in [4.78, 5) is 13.4. The van der Waals surface area contributed by atoms with Crippen LogP contribution in [0, 0.1) is 0 Å². The van der Waals surface area contributed by atoms with Gasteiger partial charge in [-0.1, -0.05) is 18.2 Å². The summed E-state index contributed by atoms with van der Waals surface area (Å²) in [5.74, 6) is 0. The molecule has 2 N–H and O–H groups in total. The second kappa shape index (κ2) is 5.76. The van der Waals surface area contributed by atoms with Crippen LogP contribution in [0.15, 0.2) is 18.2 Å². The summed E-state index contributed by atoms with van der Waals surface area (Å²) in [5.41, 5.74) is 3.74. The highest BCUT2D eigenvalue weighted by molar-refractivity contribution is 5.74. The lowest BCUT2D eigenvalue weighted by Gasteiger charge is -2.22. The molecule has 0 aromatic heterocycles. The lowest BCUT2D eigenvalue weighted by Crippen LogP contribution is -2.36. The number of carbonyl (C=O) groups is 1. The number of hydrogen-bond donors (Lipinski definition) is 2. The third kappa shape index (κ3) is 2.75. The van der Waals surface area contributed by atoms with Crippen LogP contribution in [0.2, 0.25) is 0 Å². The minimum absolute atomic E-state index is 0.0223. The van der Waals surface area contributed by atoms with Crippen molar-refractivity contribution in [3.05, 3.63) is 29.3 Å². The van der Waals surface area contributed by atoms with Gasteiger partial charge in [0.2, 0.25) is 0 Å². The van der Waals surface area contributed by atoms with E-state index in [1.165, 1.54) is 23.2 Å². The van der Waals surface area contributed by atoms with Crippen LogP contribution in [0.3, 0.4) is 0 Å². The van der Waals surface area contributed by atoms with Crippen molar-refractivity contribution in [3.8, 4) is 0 Å². The zero-order chi connectivity index (χ0) is 13.0. The van der Waals surface area contributed by atoms with Crippen LogP contribution in [-0.4, -0.2) is 31.1 Å². The lowest BCUT2D eigenvalue weighted by atomic mass is 9.99. The minimum atomic E-state index is -0.0223. The Bertz CT molecular complexity index is 431. The van der Waals surface area contributed by atoms with Crippen molar-refractivity contribution in [1.82, 2.24) is 10.2 Å². The molecule has 0 saturated heterocycles. The Labute approximate surface area is 108 Å². The van der Waals surface area contributed by atoms with Crippen molar-refractivity contribution in [3.63, 3.8) is 0 Å². The summed E-state index contributed by atoms with van der Waals surface area (Å²) >= 11 is 0. The minimum Gasteiger partial charge on any atom is -0.385 e. The van der Waals surface area contributed by atoms with E-state index in [1.54, 1.807) is 11.9 Å². The molecule has 0 radical (unpaired) electrons. The fourth-order valence-corrected chi connectivity index (χ4v) is 2.18. The predicted molar refractivity (Wildman–Crippen MR) is 73.8 cm³/mol. The highest BCUT2D eigenvalue weighted by atomic mass is 16.2. The first-order chi connectivity index (χ1) is 8.72. The van der Waals surface area contributed by atoms with Crippen molar-refractivity contribution >= 4 is 11.7 Å². The van der Waals surface area contributed by atoms with Gasteiger partial charge in [0.05, 0.1) is 0 Å². The molecular weight excluding hydrogens is 226 g/mol. The molecule has 1 heterocycles. The molecule has 2 rings (SSSR count). The van der Waals surface area contributed by atoms with Crippen LogP contribution in [-0.2, 0) is 13.0 Å². The van der Waals surface area contributed by atoms with Crippen molar-refractivity contribution in [2.24, 2.45) is 0 Å². The second-order valence-electron chi connectivity index (χ2n) is 4.65. The summed E-state index contributed by atoms with van der Waals surface area (Å²) in [6.45, 7) is 4.29. The largest absolute Gasteiger partial charge is 0.385 e. The molecule has 4 nitrogen and oxygen atoms in total. The van der Waals surface area contributed by atoms with Gasteiger partial charge in [-0.2, -0.15) is 0 Å². The molecule has 1 aromatic carbocycles. The maximum atomic E-state index is 11.7. The number of fused-ring (bicyclic) bond motifs is 1. The quantitative estimate of drug-likeness (QED) is 0.860. The summed E-state index contributed by atoms with van der Waals surface area (Å²) in [5, 5.41) is 6.38. The molecule has 0 atom stereocenters. The van der Waals surface area contributed by atoms with Crippen LogP contribution >= 0.6 is 0 Å². The highest BCUT2D eigenvalue weighted by Crippen LogP contribution is 2.25. The van der Waals surface area contributed by atoms with Crippen molar-refractivity contribution in [1.29, 1.82) is 0 Å². The van der Waals surface area contributed by atoms with Gasteiger partial charge >= 0.3 is 6.03 Å². The van der Waals surface area contributed by atoms with Crippen molar-refractivity contribution < 1.29 is 4.79 Å². The number of hydrogen-bond acceptors (Lipinski definition) is 2. The number of para-hydroxylation sites is 1. The van der Waals surface area contributed by atoms with E-state index in [1.807, 2.05) is 6.92 Å². The van der Waals surface area contributed by atoms with Gasteiger partial charge in [0.1, 0.15) is 0 Å². The first kappa shape index (κ1) is 12.7. The number of aryl methyl sites for hydroxylation is 1. The zero-order valence-corrected chi connectivity index (χ0v) is 11.1. The van der Waals surface area contributed by atoms with Gasteiger partial charge < -0.3 is 15.5 Å². The summed E-state index contributed by atoms with van der Waals surface area (Å²) in [7, 11) is 1.80. The third-order valence-electron chi connectivity index (χ3n) is 3.41. The normalized spacial score (nSPS) is 13.4. The van der Waals surface area contributed by atoms with Crippen molar-refractivity contribution in [2.75, 3.05) is 25.5 Å². The van der Waals surface area contributed by atoms with Gasteiger partial charge in [0.25, 0.3) is 0 Å². The first-order valence-electron chi connectivity index (χ1n) is 6.56. The lowest BCUT2D eigenvalue weighted by molar-refractivity contribution is 0.210. The summed E-state index contributed by atoms with van der Waals surface area (Å²) in [6, 6.07) is 6.27. The van der Waals surface area contributed by atoms with Crippen molar-refractivity contribution in [2.45, 2.75) is 26.3 Å². The number of rotatable bonds is 3. The van der Waals surface area contributed by atoms with Gasteiger partial charge in [0, 0.05) is 32.4 Å². The van der Waals surface area contributed by atoms with Gasteiger partial charge in [-0.25, -0.2) is 4.79 Å². The Hall–Kier alpha value is -1.71. The third-order valence-corrected chi connectivity index (χ3v) is 3.41. The maximum absolute atomic E-state index is 11.7. The van der Waals surface area contributed by atoms with E-state index in [9.17, 15) is 4.79 Å².